The molecule has 1 amide bonds. The normalized spacial score (nSPS) is 15.1. The SMILES string of the molecule is COc1nc(N2CCN(C(=O)OC(C)(C)C)CC2)cc(-c2ccccc2)c1C(F)(F)F. The summed E-state index contributed by atoms with van der Waals surface area (Å²) in [6.07, 6.45) is -5.03. The Bertz CT molecular complexity index is 919. The molecule has 1 fully saturated rings. The van der Waals surface area contributed by atoms with Crippen molar-refractivity contribution in [3.8, 4) is 17.0 Å². The molecule has 0 saturated carbocycles. The number of hydrogen-bond acceptors (Lipinski definition) is 5. The van der Waals surface area contributed by atoms with Crippen LogP contribution in [0.4, 0.5) is 23.8 Å². The van der Waals surface area contributed by atoms with Crippen molar-refractivity contribution >= 4 is 11.9 Å². The largest absolute Gasteiger partial charge is 0.480 e. The number of aromatic nitrogens is 1. The molecule has 0 N–H and O–H groups in total. The fourth-order valence-electron chi connectivity index (χ4n) is 3.38. The van der Waals surface area contributed by atoms with Gasteiger partial charge in [-0.3, -0.25) is 0 Å². The Labute approximate surface area is 179 Å². The second-order valence-electron chi connectivity index (χ2n) is 8.23. The topological polar surface area (TPSA) is 54.9 Å². The summed E-state index contributed by atoms with van der Waals surface area (Å²) >= 11 is 0. The van der Waals surface area contributed by atoms with Crippen LogP contribution in [-0.4, -0.2) is 54.9 Å². The molecule has 0 radical (unpaired) electrons. The number of piperazine rings is 1. The molecule has 1 aromatic carbocycles. The molecule has 2 aromatic rings. The maximum atomic E-state index is 13.8. The van der Waals surface area contributed by atoms with E-state index in [1.165, 1.54) is 13.2 Å². The number of methoxy groups -OCH3 is 1. The Morgan fingerprint density at radius 3 is 2.16 bits per heavy atom. The second-order valence-corrected chi connectivity index (χ2v) is 8.23. The Morgan fingerprint density at radius 2 is 1.65 bits per heavy atom. The summed E-state index contributed by atoms with van der Waals surface area (Å²) in [4.78, 5) is 19.8. The van der Waals surface area contributed by atoms with E-state index in [2.05, 4.69) is 4.98 Å². The van der Waals surface area contributed by atoms with Gasteiger partial charge in [0.15, 0.2) is 0 Å². The number of alkyl halides is 3. The van der Waals surface area contributed by atoms with Crippen LogP contribution in [-0.2, 0) is 10.9 Å². The van der Waals surface area contributed by atoms with Crippen LogP contribution >= 0.6 is 0 Å². The smallest absolute Gasteiger partial charge is 0.422 e. The van der Waals surface area contributed by atoms with E-state index in [0.717, 1.165) is 0 Å². The predicted octanol–water partition coefficient (Wildman–Crippen LogP) is 4.83. The summed E-state index contributed by atoms with van der Waals surface area (Å²) in [5.41, 5.74) is -1.08. The molecule has 0 spiro atoms. The highest BCUT2D eigenvalue weighted by atomic mass is 19.4. The highest BCUT2D eigenvalue weighted by Gasteiger charge is 2.39. The van der Waals surface area contributed by atoms with Gasteiger partial charge in [-0.25, -0.2) is 4.79 Å². The maximum absolute atomic E-state index is 13.8. The van der Waals surface area contributed by atoms with Crippen molar-refractivity contribution < 1.29 is 27.4 Å². The minimum Gasteiger partial charge on any atom is -0.480 e. The molecule has 1 aromatic heterocycles. The van der Waals surface area contributed by atoms with Crippen LogP contribution in [0.25, 0.3) is 11.1 Å². The Balaban J connectivity index is 1.90. The van der Waals surface area contributed by atoms with Gasteiger partial charge in [0.05, 0.1) is 7.11 Å². The van der Waals surface area contributed by atoms with Gasteiger partial charge < -0.3 is 19.3 Å². The number of amides is 1. The molecule has 0 aliphatic carbocycles. The number of ether oxygens (including phenoxy) is 2. The molecule has 0 unspecified atom stereocenters. The van der Waals surface area contributed by atoms with Crippen molar-refractivity contribution in [1.29, 1.82) is 0 Å². The molecule has 0 bridgehead atoms. The summed E-state index contributed by atoms with van der Waals surface area (Å²) in [6, 6.07) is 9.78. The first kappa shape index (κ1) is 22.7. The van der Waals surface area contributed by atoms with Crippen molar-refractivity contribution in [1.82, 2.24) is 9.88 Å². The highest BCUT2D eigenvalue weighted by molar-refractivity contribution is 5.74. The zero-order chi connectivity index (χ0) is 22.8. The summed E-state index contributed by atoms with van der Waals surface area (Å²) in [6.45, 7) is 6.96. The standard InChI is InChI=1S/C22H26F3N3O3/c1-21(2,3)31-20(29)28-12-10-27(11-13-28)17-14-16(15-8-6-5-7-9-15)18(22(23,24)25)19(26-17)30-4/h5-9,14H,10-13H2,1-4H3. The van der Waals surface area contributed by atoms with E-state index in [1.807, 2.05) is 4.90 Å². The van der Waals surface area contributed by atoms with Gasteiger partial charge in [0.2, 0.25) is 5.88 Å². The van der Waals surface area contributed by atoms with Gasteiger partial charge in [-0.2, -0.15) is 18.2 Å². The number of halogens is 3. The molecule has 168 valence electrons. The number of anilines is 1. The first-order valence-electron chi connectivity index (χ1n) is 9.94. The van der Waals surface area contributed by atoms with E-state index in [0.29, 0.717) is 37.6 Å². The lowest BCUT2D eigenvalue weighted by molar-refractivity contribution is -0.138. The molecule has 6 nitrogen and oxygen atoms in total. The third kappa shape index (κ3) is 5.39. The van der Waals surface area contributed by atoms with Gasteiger partial charge in [0.25, 0.3) is 0 Å². The van der Waals surface area contributed by atoms with Crippen LogP contribution in [0.3, 0.4) is 0 Å². The number of nitrogens with zero attached hydrogens (tertiary/aromatic N) is 3. The zero-order valence-corrected chi connectivity index (χ0v) is 18.0. The average molecular weight is 437 g/mol. The lowest BCUT2D eigenvalue weighted by Gasteiger charge is -2.36. The minimum atomic E-state index is -4.63. The predicted molar refractivity (Wildman–Crippen MR) is 111 cm³/mol. The minimum absolute atomic E-state index is 0.00419. The van der Waals surface area contributed by atoms with E-state index >= 15 is 0 Å². The van der Waals surface area contributed by atoms with E-state index < -0.39 is 29.3 Å². The number of pyridine rings is 1. The number of benzene rings is 1. The molecular weight excluding hydrogens is 411 g/mol. The van der Waals surface area contributed by atoms with Crippen LogP contribution in [0.1, 0.15) is 26.3 Å². The van der Waals surface area contributed by atoms with Gasteiger partial charge in [-0.1, -0.05) is 30.3 Å². The number of carbonyl (C=O) groups excluding carboxylic acids is 1. The summed E-state index contributed by atoms with van der Waals surface area (Å²) in [5, 5.41) is 0. The first-order valence-corrected chi connectivity index (χ1v) is 9.94. The van der Waals surface area contributed by atoms with Crippen molar-refractivity contribution in [3.05, 3.63) is 42.0 Å². The molecule has 1 saturated heterocycles. The molecule has 1 aliphatic heterocycles. The van der Waals surface area contributed by atoms with E-state index in [4.69, 9.17) is 9.47 Å². The van der Waals surface area contributed by atoms with Crippen LogP contribution in [0.2, 0.25) is 0 Å². The van der Waals surface area contributed by atoms with E-state index in [-0.39, 0.29) is 5.56 Å². The first-order chi connectivity index (χ1) is 14.5. The molecular formula is C22H26F3N3O3. The summed E-state index contributed by atoms with van der Waals surface area (Å²) in [7, 11) is 1.18. The molecule has 2 heterocycles. The van der Waals surface area contributed by atoms with Gasteiger partial charge in [-0.15, -0.1) is 0 Å². The molecule has 31 heavy (non-hydrogen) atoms. The van der Waals surface area contributed by atoms with E-state index in [1.54, 1.807) is 56.0 Å². The molecule has 1 aliphatic rings. The van der Waals surface area contributed by atoms with E-state index in [9.17, 15) is 18.0 Å². The quantitative estimate of drug-likeness (QED) is 0.688. The van der Waals surface area contributed by atoms with Crippen LogP contribution in [0, 0.1) is 0 Å². The molecule has 9 heteroatoms. The maximum Gasteiger partial charge on any atom is 0.422 e. The Kier molecular flexibility index (Phi) is 6.33. The van der Waals surface area contributed by atoms with Crippen molar-refractivity contribution in [2.45, 2.75) is 32.5 Å². The fraction of sp³-hybridized carbons (Fsp3) is 0.455. The number of hydrogen-bond donors (Lipinski definition) is 0. The monoisotopic (exact) mass is 437 g/mol. The third-order valence-corrected chi connectivity index (χ3v) is 4.79. The van der Waals surface area contributed by atoms with Crippen molar-refractivity contribution in [2.24, 2.45) is 0 Å². The number of rotatable bonds is 3. The fourth-order valence-corrected chi connectivity index (χ4v) is 3.38. The van der Waals surface area contributed by atoms with Crippen molar-refractivity contribution in [3.63, 3.8) is 0 Å². The Morgan fingerprint density at radius 1 is 1.03 bits per heavy atom. The lowest BCUT2D eigenvalue weighted by atomic mass is 10.00. The van der Waals surface area contributed by atoms with Gasteiger partial charge in [-0.05, 0) is 32.4 Å². The van der Waals surface area contributed by atoms with Crippen molar-refractivity contribution in [2.75, 3.05) is 38.2 Å². The molecule has 3 rings (SSSR count). The summed E-state index contributed by atoms with van der Waals surface area (Å²) in [5.74, 6) is -0.106. The Hall–Kier alpha value is -2.97. The third-order valence-electron chi connectivity index (χ3n) is 4.79. The average Bonchev–Trinajstić information content (AvgIpc) is 2.71. The zero-order valence-electron chi connectivity index (χ0n) is 18.0. The van der Waals surface area contributed by atoms with Crippen LogP contribution in [0.5, 0.6) is 5.88 Å². The van der Waals surface area contributed by atoms with Crippen LogP contribution < -0.4 is 9.64 Å². The van der Waals surface area contributed by atoms with Gasteiger partial charge in [0, 0.05) is 31.7 Å². The highest BCUT2D eigenvalue weighted by Crippen LogP contribution is 2.43. The number of carbonyl (C=O) groups is 1. The summed E-state index contributed by atoms with van der Waals surface area (Å²) < 4.78 is 51.9. The van der Waals surface area contributed by atoms with Gasteiger partial charge >= 0.3 is 12.3 Å². The molecule has 0 atom stereocenters. The van der Waals surface area contributed by atoms with Crippen LogP contribution in [0.15, 0.2) is 36.4 Å². The van der Waals surface area contributed by atoms with Gasteiger partial charge in [0.1, 0.15) is 17.0 Å². The second kappa shape index (κ2) is 8.64. The lowest BCUT2D eigenvalue weighted by Crippen LogP contribution is -2.50.